The van der Waals surface area contributed by atoms with Crippen LogP contribution in [0.25, 0.3) is 32.9 Å². The molecule has 6 aromatic rings. The van der Waals surface area contributed by atoms with Crippen molar-refractivity contribution >= 4 is 56.5 Å². The average molecular weight is 632 g/mol. The number of aryl methyl sites for hydroxylation is 1. The third-order valence-electron chi connectivity index (χ3n) is 8.19. The van der Waals surface area contributed by atoms with Crippen LogP contribution < -0.4 is 14.9 Å². The SMILES string of the molecule is Cc1c(-c2nccc3cnc(Nc4ccc(NSc5ccc(N6CCOCC6)cc5)cc4)cc23)ccc2c1cnn2CC(C)(C)O. The molecule has 1 saturated heterocycles. The van der Waals surface area contributed by atoms with Crippen LogP contribution >= 0.6 is 11.9 Å². The predicted octanol–water partition coefficient (Wildman–Crippen LogP) is 7.43. The molecule has 0 unspecified atom stereocenters. The fourth-order valence-corrected chi connectivity index (χ4v) is 6.47. The van der Waals surface area contributed by atoms with E-state index in [0.29, 0.717) is 6.54 Å². The zero-order valence-electron chi connectivity index (χ0n) is 26.2. The number of ether oxygens (including phenoxy) is 1. The Morgan fingerprint density at radius 2 is 1.65 bits per heavy atom. The van der Waals surface area contributed by atoms with Crippen molar-refractivity contribution in [2.45, 2.75) is 37.8 Å². The normalized spacial score (nSPS) is 13.8. The van der Waals surface area contributed by atoms with Gasteiger partial charge >= 0.3 is 0 Å². The van der Waals surface area contributed by atoms with Gasteiger partial charge in [0, 0.05) is 69.2 Å². The van der Waals surface area contributed by atoms with Gasteiger partial charge in [-0.2, -0.15) is 5.10 Å². The first-order valence-electron chi connectivity index (χ1n) is 15.5. The Kier molecular flexibility index (Phi) is 8.25. The maximum Gasteiger partial charge on any atom is 0.130 e. The van der Waals surface area contributed by atoms with Gasteiger partial charge in [0.25, 0.3) is 0 Å². The zero-order chi connectivity index (χ0) is 31.7. The number of benzene rings is 3. The third-order valence-corrected chi connectivity index (χ3v) is 9.04. The monoisotopic (exact) mass is 631 g/mol. The Morgan fingerprint density at radius 1 is 0.891 bits per heavy atom. The molecule has 3 aromatic carbocycles. The van der Waals surface area contributed by atoms with Crippen molar-refractivity contribution in [3.63, 3.8) is 0 Å². The molecule has 0 spiro atoms. The lowest BCUT2D eigenvalue weighted by Gasteiger charge is -2.28. The van der Waals surface area contributed by atoms with Crippen molar-refractivity contribution in [2.24, 2.45) is 0 Å². The Bertz CT molecular complexity index is 1980. The van der Waals surface area contributed by atoms with Gasteiger partial charge in [0.2, 0.25) is 0 Å². The molecule has 3 aromatic heterocycles. The van der Waals surface area contributed by atoms with Crippen molar-refractivity contribution in [1.29, 1.82) is 0 Å². The number of fused-ring (bicyclic) bond motifs is 2. The van der Waals surface area contributed by atoms with Crippen LogP contribution in [0, 0.1) is 6.92 Å². The van der Waals surface area contributed by atoms with E-state index in [1.807, 2.05) is 41.5 Å². The summed E-state index contributed by atoms with van der Waals surface area (Å²) in [6, 6.07) is 25.1. The number of aliphatic hydroxyl groups is 1. The molecule has 234 valence electrons. The van der Waals surface area contributed by atoms with Crippen LogP contribution in [0.4, 0.5) is 22.9 Å². The molecule has 4 heterocycles. The number of morpholine rings is 1. The van der Waals surface area contributed by atoms with E-state index in [9.17, 15) is 5.11 Å². The topological polar surface area (TPSA) is 100 Å². The second kappa shape index (κ2) is 12.6. The highest BCUT2D eigenvalue weighted by Crippen LogP contribution is 2.34. The summed E-state index contributed by atoms with van der Waals surface area (Å²) in [6.07, 6.45) is 5.59. The highest BCUT2D eigenvalue weighted by molar-refractivity contribution is 8.00. The Labute approximate surface area is 272 Å². The molecule has 9 nitrogen and oxygen atoms in total. The van der Waals surface area contributed by atoms with Crippen molar-refractivity contribution < 1.29 is 9.84 Å². The van der Waals surface area contributed by atoms with Crippen LogP contribution in [-0.2, 0) is 11.3 Å². The molecule has 3 N–H and O–H groups in total. The highest BCUT2D eigenvalue weighted by atomic mass is 32.2. The van der Waals surface area contributed by atoms with Crippen LogP contribution in [0.5, 0.6) is 0 Å². The average Bonchev–Trinajstić information content (AvgIpc) is 3.47. The smallest absolute Gasteiger partial charge is 0.130 e. The van der Waals surface area contributed by atoms with Crippen molar-refractivity contribution in [3.8, 4) is 11.3 Å². The van der Waals surface area contributed by atoms with Gasteiger partial charge in [-0.05, 0) is 105 Å². The van der Waals surface area contributed by atoms with Gasteiger partial charge in [0.05, 0.1) is 42.8 Å². The molecule has 0 bridgehead atoms. The van der Waals surface area contributed by atoms with E-state index >= 15 is 0 Å². The summed E-state index contributed by atoms with van der Waals surface area (Å²) in [5.74, 6) is 0.744. The summed E-state index contributed by atoms with van der Waals surface area (Å²) in [5.41, 5.74) is 6.37. The first-order valence-corrected chi connectivity index (χ1v) is 16.3. The quantitative estimate of drug-likeness (QED) is 0.141. The van der Waals surface area contributed by atoms with E-state index in [4.69, 9.17) is 9.72 Å². The van der Waals surface area contributed by atoms with Crippen LogP contribution in [0.15, 0.2) is 96.3 Å². The lowest BCUT2D eigenvalue weighted by atomic mass is 9.98. The second-order valence-electron chi connectivity index (χ2n) is 12.2. The molecule has 0 radical (unpaired) electrons. The number of pyridine rings is 2. The molecule has 0 saturated carbocycles. The minimum Gasteiger partial charge on any atom is -0.389 e. The van der Waals surface area contributed by atoms with Gasteiger partial charge in [-0.25, -0.2) is 4.98 Å². The minimum atomic E-state index is -0.856. The summed E-state index contributed by atoms with van der Waals surface area (Å²) in [6.45, 7) is 9.55. The van der Waals surface area contributed by atoms with Crippen molar-refractivity contribution in [2.75, 3.05) is 41.2 Å². The number of hydrogen-bond acceptors (Lipinski definition) is 9. The van der Waals surface area contributed by atoms with Gasteiger partial charge in [-0.1, -0.05) is 6.07 Å². The summed E-state index contributed by atoms with van der Waals surface area (Å²) >= 11 is 1.60. The zero-order valence-corrected chi connectivity index (χ0v) is 27.0. The molecule has 7 rings (SSSR count). The van der Waals surface area contributed by atoms with Crippen LogP contribution in [0.2, 0.25) is 0 Å². The van der Waals surface area contributed by atoms with Crippen LogP contribution in [0.1, 0.15) is 19.4 Å². The molecule has 1 aliphatic heterocycles. The van der Waals surface area contributed by atoms with Crippen molar-refractivity contribution in [1.82, 2.24) is 19.7 Å². The fraction of sp³-hybridized carbons (Fsp3) is 0.250. The number of aromatic nitrogens is 4. The second-order valence-corrected chi connectivity index (χ2v) is 13.1. The third kappa shape index (κ3) is 6.50. The lowest BCUT2D eigenvalue weighted by Crippen LogP contribution is -2.36. The Balaban J connectivity index is 1.06. The fourth-order valence-electron chi connectivity index (χ4n) is 5.82. The summed E-state index contributed by atoms with van der Waals surface area (Å²) in [5, 5.41) is 21.4. The van der Waals surface area contributed by atoms with E-state index in [1.54, 1.807) is 25.8 Å². The van der Waals surface area contributed by atoms with Gasteiger partial charge in [0.1, 0.15) is 5.82 Å². The summed E-state index contributed by atoms with van der Waals surface area (Å²) in [7, 11) is 0. The maximum absolute atomic E-state index is 10.3. The highest BCUT2D eigenvalue weighted by Gasteiger charge is 2.18. The van der Waals surface area contributed by atoms with E-state index in [1.165, 1.54) is 5.69 Å². The summed E-state index contributed by atoms with van der Waals surface area (Å²) < 4.78 is 10.8. The number of anilines is 4. The number of nitrogens with zero attached hydrogens (tertiary/aromatic N) is 5. The van der Waals surface area contributed by atoms with E-state index in [-0.39, 0.29) is 0 Å². The standard InChI is InChI=1S/C36H37N7O2S/c1-24-30(12-13-33-32(24)22-39-43(33)23-36(2,3)44)35-31-20-34(38-21-25(31)14-15-37-35)40-26-4-6-27(7-5-26)41-46-29-10-8-28(9-11-29)42-16-18-45-19-17-42/h4-15,20-22,41,44H,16-19,23H2,1-3H3,(H,38,40). The molecule has 0 aliphatic carbocycles. The molecule has 1 fully saturated rings. The number of nitrogens with one attached hydrogen (secondary N) is 2. The molecule has 1 aliphatic rings. The maximum atomic E-state index is 10.3. The van der Waals surface area contributed by atoms with Gasteiger partial charge in [0.15, 0.2) is 0 Å². The van der Waals surface area contributed by atoms with Gasteiger partial charge in [-0.3, -0.25) is 9.67 Å². The van der Waals surface area contributed by atoms with Gasteiger partial charge < -0.3 is 24.8 Å². The number of hydrogen-bond donors (Lipinski definition) is 3. The largest absolute Gasteiger partial charge is 0.389 e. The molecular weight excluding hydrogens is 595 g/mol. The van der Waals surface area contributed by atoms with E-state index in [2.05, 4.69) is 86.5 Å². The van der Waals surface area contributed by atoms with Gasteiger partial charge in [-0.15, -0.1) is 0 Å². The Morgan fingerprint density at radius 3 is 2.41 bits per heavy atom. The molecule has 46 heavy (non-hydrogen) atoms. The first kappa shape index (κ1) is 30.0. The molecular formula is C36H37N7O2S. The van der Waals surface area contributed by atoms with E-state index < -0.39 is 5.60 Å². The predicted molar refractivity (Wildman–Crippen MR) is 188 cm³/mol. The van der Waals surface area contributed by atoms with Crippen LogP contribution in [0.3, 0.4) is 0 Å². The molecule has 10 heteroatoms. The summed E-state index contributed by atoms with van der Waals surface area (Å²) in [4.78, 5) is 13.0. The lowest BCUT2D eigenvalue weighted by molar-refractivity contribution is 0.0591. The Hall–Kier alpha value is -4.64. The minimum absolute atomic E-state index is 0.419. The molecule has 0 atom stereocenters. The van der Waals surface area contributed by atoms with Crippen LogP contribution in [-0.4, -0.2) is 56.8 Å². The van der Waals surface area contributed by atoms with Crippen molar-refractivity contribution in [3.05, 3.63) is 97.0 Å². The molecule has 0 amide bonds. The van der Waals surface area contributed by atoms with E-state index in [0.717, 1.165) is 86.9 Å². The number of rotatable bonds is 9. The first-order chi connectivity index (χ1) is 22.3.